The van der Waals surface area contributed by atoms with Gasteiger partial charge in [-0.1, -0.05) is 54.6 Å². The summed E-state index contributed by atoms with van der Waals surface area (Å²) in [4.78, 5) is 0. The van der Waals surface area contributed by atoms with Crippen LogP contribution in [0.4, 0.5) is 4.39 Å². The van der Waals surface area contributed by atoms with Crippen molar-refractivity contribution in [1.82, 2.24) is 0 Å². The molecule has 0 aliphatic carbocycles. The van der Waals surface area contributed by atoms with E-state index in [1.54, 1.807) is 12.1 Å². The van der Waals surface area contributed by atoms with E-state index in [4.69, 9.17) is 4.74 Å². The lowest BCUT2D eigenvalue weighted by molar-refractivity contribution is -0.906. The number of hydrogen-bond acceptors (Lipinski definition) is 2. The van der Waals surface area contributed by atoms with Crippen LogP contribution in [-0.2, 0) is 6.54 Å². The van der Waals surface area contributed by atoms with Crippen molar-refractivity contribution >= 4 is 0 Å². The van der Waals surface area contributed by atoms with E-state index in [2.05, 4.69) is 12.1 Å². The number of aliphatic hydroxyl groups excluding tert-OH is 1. The van der Waals surface area contributed by atoms with Gasteiger partial charge < -0.3 is 14.3 Å². The zero-order valence-corrected chi connectivity index (χ0v) is 16.4. The second kappa shape index (κ2) is 9.00. The number of likely N-dealkylation sites (N-methyl/N-ethyl adjacent to an activating group) is 1. The number of nitrogens with zero attached hydrogens (tertiary/aromatic N) is 1. The normalized spacial score (nSPS) is 12.6. The lowest BCUT2D eigenvalue weighted by Crippen LogP contribution is -2.46. The van der Waals surface area contributed by atoms with Gasteiger partial charge in [0.05, 0.1) is 14.1 Å². The lowest BCUT2D eigenvalue weighted by atomic mass is 10.1. The maximum Gasteiger partial charge on any atom is 0.137 e. The van der Waals surface area contributed by atoms with E-state index in [1.807, 2.05) is 56.6 Å². The predicted octanol–water partition coefficient (Wildman–Crippen LogP) is 4.51. The summed E-state index contributed by atoms with van der Waals surface area (Å²) in [6, 6.07) is 24.6. The summed E-state index contributed by atoms with van der Waals surface area (Å²) in [5, 5.41) is 10.4. The maximum absolute atomic E-state index is 13.1. The van der Waals surface area contributed by atoms with E-state index in [1.165, 1.54) is 12.1 Å². The highest BCUT2D eigenvalue weighted by atomic mass is 19.1. The lowest BCUT2D eigenvalue weighted by Gasteiger charge is -2.32. The Balaban J connectivity index is 1.50. The highest BCUT2D eigenvalue weighted by molar-refractivity contribution is 5.63. The summed E-state index contributed by atoms with van der Waals surface area (Å²) in [7, 11) is 4.09. The van der Waals surface area contributed by atoms with Gasteiger partial charge >= 0.3 is 0 Å². The van der Waals surface area contributed by atoms with Gasteiger partial charge in [0.25, 0.3) is 0 Å². The molecule has 1 N–H and O–H groups in total. The van der Waals surface area contributed by atoms with Crippen molar-refractivity contribution in [3.05, 3.63) is 90.2 Å². The molecule has 3 aromatic carbocycles. The molecule has 0 fully saturated rings. The molecule has 0 radical (unpaired) electrons. The van der Waals surface area contributed by atoms with E-state index in [9.17, 15) is 9.50 Å². The third-order valence-electron chi connectivity index (χ3n) is 4.63. The van der Waals surface area contributed by atoms with Gasteiger partial charge in [-0.05, 0) is 35.4 Å². The fourth-order valence-electron chi connectivity index (χ4n) is 3.34. The Morgan fingerprint density at radius 1 is 0.857 bits per heavy atom. The Kier molecular flexibility index (Phi) is 6.45. The van der Waals surface area contributed by atoms with Gasteiger partial charge in [0.2, 0.25) is 0 Å². The molecule has 3 nitrogen and oxygen atoms in total. The highest BCUT2D eigenvalue weighted by Gasteiger charge is 2.21. The van der Waals surface area contributed by atoms with Gasteiger partial charge in [0.1, 0.15) is 37.4 Å². The van der Waals surface area contributed by atoms with E-state index >= 15 is 0 Å². The van der Waals surface area contributed by atoms with Crippen LogP contribution >= 0.6 is 0 Å². The minimum Gasteiger partial charge on any atom is -0.491 e. The van der Waals surface area contributed by atoms with Crippen molar-refractivity contribution in [2.75, 3.05) is 27.2 Å². The summed E-state index contributed by atoms with van der Waals surface area (Å²) in [5.74, 6) is 0.503. The fourth-order valence-corrected chi connectivity index (χ4v) is 3.34. The molecule has 0 bridgehead atoms. The summed E-state index contributed by atoms with van der Waals surface area (Å²) in [5.41, 5.74) is 3.33. The molecule has 0 saturated carbocycles. The fraction of sp³-hybridized carbons (Fsp3) is 0.250. The molecule has 146 valence electrons. The standard InChI is InChI=1S/C24H27FNO2/c1-26(2,16-19-8-12-22(25)13-9-19)17-23(27)18-28-24-14-10-21(11-15-24)20-6-4-3-5-7-20/h3-15,23,27H,16-18H2,1-2H3/q+1/t23-/m0/s1. The van der Waals surface area contributed by atoms with Crippen LogP contribution in [0.25, 0.3) is 11.1 Å². The van der Waals surface area contributed by atoms with Crippen LogP contribution in [-0.4, -0.2) is 42.9 Å². The van der Waals surface area contributed by atoms with Gasteiger partial charge in [0.15, 0.2) is 0 Å². The first-order valence-corrected chi connectivity index (χ1v) is 9.44. The van der Waals surface area contributed by atoms with Crippen molar-refractivity contribution in [2.24, 2.45) is 0 Å². The molecular weight excluding hydrogens is 353 g/mol. The van der Waals surface area contributed by atoms with Gasteiger partial charge in [0, 0.05) is 5.56 Å². The molecule has 0 heterocycles. The molecule has 0 unspecified atom stereocenters. The minimum atomic E-state index is -0.593. The van der Waals surface area contributed by atoms with Gasteiger partial charge in [-0.25, -0.2) is 4.39 Å². The number of quaternary nitrogens is 1. The Bertz CT molecular complexity index is 861. The van der Waals surface area contributed by atoms with E-state index in [-0.39, 0.29) is 12.4 Å². The van der Waals surface area contributed by atoms with E-state index in [0.717, 1.165) is 22.4 Å². The molecule has 4 heteroatoms. The molecule has 0 saturated heterocycles. The molecule has 3 rings (SSSR count). The molecular formula is C24H27FNO2+. The predicted molar refractivity (Wildman–Crippen MR) is 110 cm³/mol. The van der Waals surface area contributed by atoms with Crippen LogP contribution in [0.15, 0.2) is 78.9 Å². The molecule has 0 aromatic heterocycles. The number of benzene rings is 3. The van der Waals surface area contributed by atoms with Crippen molar-refractivity contribution in [1.29, 1.82) is 0 Å². The Morgan fingerprint density at radius 3 is 2.11 bits per heavy atom. The Labute approximate surface area is 166 Å². The zero-order valence-electron chi connectivity index (χ0n) is 16.4. The second-order valence-corrected chi connectivity index (χ2v) is 7.76. The zero-order chi connectivity index (χ0) is 20.0. The SMILES string of the molecule is C[N+](C)(Cc1ccc(F)cc1)C[C@H](O)COc1ccc(-c2ccccc2)cc1. The van der Waals surface area contributed by atoms with Gasteiger partial charge in [-0.3, -0.25) is 0 Å². The van der Waals surface area contributed by atoms with Gasteiger partial charge in [-0.2, -0.15) is 0 Å². The largest absolute Gasteiger partial charge is 0.491 e. The van der Waals surface area contributed by atoms with E-state index in [0.29, 0.717) is 17.6 Å². The monoisotopic (exact) mass is 380 g/mol. The smallest absolute Gasteiger partial charge is 0.137 e. The first-order valence-electron chi connectivity index (χ1n) is 9.44. The number of ether oxygens (including phenoxy) is 1. The number of aliphatic hydroxyl groups is 1. The minimum absolute atomic E-state index is 0.232. The van der Waals surface area contributed by atoms with Crippen LogP contribution in [0.3, 0.4) is 0 Å². The summed E-state index contributed by atoms with van der Waals surface area (Å²) in [6.45, 7) is 1.48. The van der Waals surface area contributed by atoms with E-state index < -0.39 is 6.10 Å². The quantitative estimate of drug-likeness (QED) is 0.583. The number of hydrogen-bond donors (Lipinski definition) is 1. The average molecular weight is 380 g/mol. The summed E-state index contributed by atoms with van der Waals surface area (Å²) < 4.78 is 19.4. The average Bonchev–Trinajstić information content (AvgIpc) is 2.69. The third-order valence-corrected chi connectivity index (χ3v) is 4.63. The first kappa shape index (κ1) is 20.1. The number of halogens is 1. The van der Waals surface area contributed by atoms with Crippen LogP contribution in [0.2, 0.25) is 0 Å². The summed E-state index contributed by atoms with van der Waals surface area (Å²) >= 11 is 0. The van der Waals surface area contributed by atoms with Crippen molar-refractivity contribution < 1.29 is 18.7 Å². The third kappa shape index (κ3) is 5.91. The van der Waals surface area contributed by atoms with Gasteiger partial charge in [-0.15, -0.1) is 0 Å². The van der Waals surface area contributed by atoms with Crippen molar-refractivity contribution in [3.63, 3.8) is 0 Å². The molecule has 1 atom stereocenters. The van der Waals surface area contributed by atoms with Crippen molar-refractivity contribution in [2.45, 2.75) is 12.6 Å². The van der Waals surface area contributed by atoms with Crippen LogP contribution in [0, 0.1) is 5.82 Å². The molecule has 28 heavy (non-hydrogen) atoms. The summed E-state index contributed by atoms with van der Waals surface area (Å²) in [6.07, 6.45) is -0.593. The number of rotatable bonds is 8. The first-order chi connectivity index (χ1) is 13.4. The van der Waals surface area contributed by atoms with Crippen LogP contribution in [0.1, 0.15) is 5.56 Å². The second-order valence-electron chi connectivity index (χ2n) is 7.76. The Morgan fingerprint density at radius 2 is 1.46 bits per heavy atom. The molecule has 0 aliphatic rings. The topological polar surface area (TPSA) is 29.5 Å². The maximum atomic E-state index is 13.1. The van der Waals surface area contributed by atoms with Crippen molar-refractivity contribution in [3.8, 4) is 16.9 Å². The Hall–Kier alpha value is -2.69. The highest BCUT2D eigenvalue weighted by Crippen LogP contribution is 2.22. The van der Waals surface area contributed by atoms with Crippen LogP contribution in [0.5, 0.6) is 5.75 Å². The molecule has 3 aromatic rings. The van der Waals surface area contributed by atoms with Crippen LogP contribution < -0.4 is 4.74 Å². The molecule has 0 aliphatic heterocycles. The molecule has 0 spiro atoms. The molecule has 0 amide bonds.